The van der Waals surface area contributed by atoms with Crippen LogP contribution in [0.1, 0.15) is 25.7 Å². The molecule has 0 atom stereocenters. The lowest BCUT2D eigenvalue weighted by Crippen LogP contribution is -2.44. The molecule has 4 heteroatoms. The third-order valence-electron chi connectivity index (χ3n) is 3.04. The molecule has 0 aromatic heterocycles. The van der Waals surface area contributed by atoms with E-state index in [4.69, 9.17) is 3.07 Å². The van der Waals surface area contributed by atoms with Crippen LogP contribution in [-0.2, 0) is 3.07 Å². The second kappa shape index (κ2) is 8.73. The minimum atomic E-state index is 0.912. The van der Waals surface area contributed by atoms with Crippen LogP contribution in [0.3, 0.4) is 0 Å². The summed E-state index contributed by atoms with van der Waals surface area (Å²) in [7, 11) is 2.21. The minimum absolute atomic E-state index is 0.912. The van der Waals surface area contributed by atoms with E-state index in [1.54, 1.807) is 0 Å². The molecule has 0 unspecified atom stereocenters. The van der Waals surface area contributed by atoms with Gasteiger partial charge in [-0.3, -0.25) is 0 Å². The third-order valence-corrected chi connectivity index (χ3v) is 3.48. The lowest BCUT2D eigenvalue weighted by Gasteiger charge is -2.32. The Morgan fingerprint density at radius 1 is 1.00 bits per heavy atom. The Labute approximate surface area is 108 Å². The molecule has 15 heavy (non-hydrogen) atoms. The summed E-state index contributed by atoms with van der Waals surface area (Å²) in [6.07, 6.45) is 5.24. The SMILES string of the molecule is CN1CCN(CCCCCCOI)CC1. The molecule has 1 aliphatic rings. The van der Waals surface area contributed by atoms with E-state index < -0.39 is 0 Å². The molecule has 0 aliphatic carbocycles. The number of hydrogen-bond donors (Lipinski definition) is 0. The van der Waals surface area contributed by atoms with Crippen molar-refractivity contribution < 1.29 is 3.07 Å². The molecule has 1 aliphatic heterocycles. The maximum absolute atomic E-state index is 5.00. The van der Waals surface area contributed by atoms with Crippen LogP contribution in [0.2, 0.25) is 0 Å². The Balaban J connectivity index is 1.87. The Morgan fingerprint density at radius 2 is 1.67 bits per heavy atom. The van der Waals surface area contributed by atoms with Gasteiger partial charge in [0, 0.05) is 26.2 Å². The van der Waals surface area contributed by atoms with E-state index in [0.29, 0.717) is 0 Å². The Kier molecular flexibility index (Phi) is 7.96. The molecule has 0 radical (unpaired) electrons. The van der Waals surface area contributed by atoms with Crippen molar-refractivity contribution in [3.05, 3.63) is 0 Å². The molecule has 90 valence electrons. The predicted molar refractivity (Wildman–Crippen MR) is 72.4 cm³/mol. The van der Waals surface area contributed by atoms with Crippen molar-refractivity contribution in [2.24, 2.45) is 0 Å². The molecule has 0 aromatic carbocycles. The molecule has 1 rings (SSSR count). The Hall–Kier alpha value is 0.610. The van der Waals surface area contributed by atoms with Crippen LogP contribution in [0, 0.1) is 0 Å². The van der Waals surface area contributed by atoms with Gasteiger partial charge >= 0.3 is 0 Å². The number of nitrogens with zero attached hydrogens (tertiary/aromatic N) is 2. The molecule has 0 N–H and O–H groups in total. The van der Waals surface area contributed by atoms with E-state index in [9.17, 15) is 0 Å². The fourth-order valence-electron chi connectivity index (χ4n) is 1.92. The van der Waals surface area contributed by atoms with Crippen molar-refractivity contribution in [2.45, 2.75) is 25.7 Å². The summed E-state index contributed by atoms with van der Waals surface area (Å²) in [4.78, 5) is 5.00. The summed E-state index contributed by atoms with van der Waals surface area (Å²) < 4.78 is 5.00. The second-order valence-corrected chi connectivity index (χ2v) is 5.00. The highest BCUT2D eigenvalue weighted by Gasteiger charge is 2.12. The highest BCUT2D eigenvalue weighted by molar-refractivity contribution is 14.1. The molecular formula is C11H23IN2O. The van der Waals surface area contributed by atoms with Gasteiger partial charge in [0.1, 0.15) is 23.0 Å². The van der Waals surface area contributed by atoms with Gasteiger partial charge in [-0.2, -0.15) is 0 Å². The van der Waals surface area contributed by atoms with E-state index in [1.807, 2.05) is 23.0 Å². The van der Waals surface area contributed by atoms with Gasteiger partial charge in [-0.1, -0.05) is 12.8 Å². The van der Waals surface area contributed by atoms with Crippen LogP contribution < -0.4 is 0 Å². The Bertz CT molecular complexity index is 150. The molecule has 0 bridgehead atoms. The summed E-state index contributed by atoms with van der Waals surface area (Å²) in [5.74, 6) is 0. The van der Waals surface area contributed by atoms with E-state index in [1.165, 1.54) is 58.4 Å². The number of hydrogen-bond acceptors (Lipinski definition) is 3. The number of halogens is 1. The zero-order valence-corrected chi connectivity index (χ0v) is 11.9. The first-order valence-corrected chi connectivity index (χ1v) is 6.85. The summed E-state index contributed by atoms with van der Waals surface area (Å²) in [5.41, 5.74) is 0. The van der Waals surface area contributed by atoms with Crippen molar-refractivity contribution in [3.8, 4) is 0 Å². The smallest absolute Gasteiger partial charge is 0.109 e. The maximum Gasteiger partial charge on any atom is 0.109 e. The molecule has 3 nitrogen and oxygen atoms in total. The van der Waals surface area contributed by atoms with E-state index in [-0.39, 0.29) is 0 Å². The van der Waals surface area contributed by atoms with Crippen molar-refractivity contribution in [2.75, 3.05) is 46.4 Å². The van der Waals surface area contributed by atoms with Crippen LogP contribution in [0.15, 0.2) is 0 Å². The maximum atomic E-state index is 5.00. The van der Waals surface area contributed by atoms with Crippen LogP contribution >= 0.6 is 23.0 Å². The molecule has 1 saturated heterocycles. The summed E-state index contributed by atoms with van der Waals surface area (Å²) in [6.45, 7) is 7.19. The standard InChI is InChI=1S/C11H23IN2O/c1-13-7-9-14(10-8-13)6-4-2-3-5-11-15-12/h2-11H2,1H3. The van der Waals surface area contributed by atoms with Crippen molar-refractivity contribution in [1.29, 1.82) is 0 Å². The number of unbranched alkanes of at least 4 members (excludes halogenated alkanes) is 3. The van der Waals surface area contributed by atoms with Gasteiger partial charge in [0.15, 0.2) is 0 Å². The minimum Gasteiger partial charge on any atom is -0.316 e. The first-order chi connectivity index (χ1) is 7.33. The normalized spacial score (nSPS) is 19.6. The van der Waals surface area contributed by atoms with Crippen molar-refractivity contribution in [3.63, 3.8) is 0 Å². The summed E-state index contributed by atoms with van der Waals surface area (Å²) in [6, 6.07) is 0. The van der Waals surface area contributed by atoms with Crippen molar-refractivity contribution in [1.82, 2.24) is 9.80 Å². The molecule has 1 heterocycles. The van der Waals surface area contributed by atoms with Crippen LogP contribution in [0.25, 0.3) is 0 Å². The van der Waals surface area contributed by atoms with Gasteiger partial charge in [0.25, 0.3) is 0 Å². The first kappa shape index (κ1) is 13.7. The number of likely N-dealkylation sites (N-methyl/N-ethyl adjacent to an activating group) is 1. The van der Waals surface area contributed by atoms with E-state index in [0.717, 1.165) is 6.61 Å². The lowest BCUT2D eigenvalue weighted by atomic mass is 10.2. The predicted octanol–water partition coefficient (Wildman–Crippen LogP) is 2.16. The monoisotopic (exact) mass is 326 g/mol. The molecule has 1 fully saturated rings. The van der Waals surface area contributed by atoms with Crippen LogP contribution in [0.4, 0.5) is 0 Å². The third kappa shape index (κ3) is 6.71. The highest BCUT2D eigenvalue weighted by atomic mass is 127. The quantitative estimate of drug-likeness (QED) is 0.527. The average molecular weight is 326 g/mol. The van der Waals surface area contributed by atoms with Gasteiger partial charge in [-0.15, -0.1) is 0 Å². The highest BCUT2D eigenvalue weighted by Crippen LogP contribution is 2.05. The van der Waals surface area contributed by atoms with Gasteiger partial charge in [-0.25, -0.2) is 0 Å². The first-order valence-electron chi connectivity index (χ1n) is 5.97. The lowest BCUT2D eigenvalue weighted by molar-refractivity contribution is 0.152. The summed E-state index contributed by atoms with van der Waals surface area (Å²) >= 11 is 1.97. The molecule has 0 saturated carbocycles. The zero-order chi connectivity index (χ0) is 10.9. The van der Waals surface area contributed by atoms with Crippen LogP contribution in [-0.4, -0.2) is 56.2 Å². The zero-order valence-electron chi connectivity index (χ0n) is 9.75. The van der Waals surface area contributed by atoms with Gasteiger partial charge in [-0.05, 0) is 26.4 Å². The molecule has 0 spiro atoms. The average Bonchev–Trinajstić information content (AvgIpc) is 2.26. The Morgan fingerprint density at radius 3 is 2.33 bits per heavy atom. The second-order valence-electron chi connectivity index (χ2n) is 4.37. The van der Waals surface area contributed by atoms with Gasteiger partial charge in [0.05, 0.1) is 6.61 Å². The number of rotatable bonds is 7. The van der Waals surface area contributed by atoms with Gasteiger partial charge in [0.2, 0.25) is 0 Å². The van der Waals surface area contributed by atoms with E-state index >= 15 is 0 Å². The topological polar surface area (TPSA) is 15.7 Å². The van der Waals surface area contributed by atoms with Gasteiger partial charge < -0.3 is 12.9 Å². The summed E-state index contributed by atoms with van der Waals surface area (Å²) in [5, 5.41) is 0. The largest absolute Gasteiger partial charge is 0.316 e. The van der Waals surface area contributed by atoms with Crippen molar-refractivity contribution >= 4 is 23.0 Å². The molecule has 0 amide bonds. The fourth-order valence-corrected chi connectivity index (χ4v) is 2.23. The van der Waals surface area contributed by atoms with E-state index in [2.05, 4.69) is 16.8 Å². The fraction of sp³-hybridized carbons (Fsp3) is 1.00. The van der Waals surface area contributed by atoms with Crippen LogP contribution in [0.5, 0.6) is 0 Å². The molecular weight excluding hydrogens is 303 g/mol. The molecule has 0 aromatic rings. The number of piperazine rings is 1.